The van der Waals surface area contributed by atoms with E-state index in [2.05, 4.69) is 5.10 Å². The predicted molar refractivity (Wildman–Crippen MR) is 76.8 cm³/mol. The van der Waals surface area contributed by atoms with Crippen LogP contribution in [0.3, 0.4) is 0 Å². The fourth-order valence-electron chi connectivity index (χ4n) is 2.37. The maximum absolute atomic E-state index is 11.3. The molecule has 102 valence electrons. The Kier molecular flexibility index (Phi) is 3.27. The molecule has 3 heteroatoms. The van der Waals surface area contributed by atoms with Crippen molar-refractivity contribution < 1.29 is 5.11 Å². The van der Waals surface area contributed by atoms with Gasteiger partial charge in [0.05, 0.1) is 5.69 Å². The molecule has 0 bridgehead atoms. The Morgan fingerprint density at radius 1 is 1.05 bits per heavy atom. The van der Waals surface area contributed by atoms with E-state index in [1.807, 2.05) is 71.3 Å². The van der Waals surface area contributed by atoms with Gasteiger partial charge in [0.1, 0.15) is 5.60 Å². The van der Waals surface area contributed by atoms with E-state index in [4.69, 9.17) is 0 Å². The highest BCUT2D eigenvalue weighted by atomic mass is 16.3. The largest absolute Gasteiger partial charge is 0.378 e. The zero-order chi connectivity index (χ0) is 14.3. The van der Waals surface area contributed by atoms with E-state index in [-0.39, 0.29) is 5.41 Å². The summed E-state index contributed by atoms with van der Waals surface area (Å²) in [6.45, 7) is 8.13. The monoisotopic (exact) mass is 258 g/mol. The average molecular weight is 258 g/mol. The topological polar surface area (TPSA) is 38.0 Å². The molecule has 2 aromatic rings. The van der Waals surface area contributed by atoms with E-state index in [9.17, 15) is 5.11 Å². The number of rotatable bonds is 2. The van der Waals surface area contributed by atoms with Gasteiger partial charge in [-0.3, -0.25) is 4.68 Å². The van der Waals surface area contributed by atoms with Crippen LogP contribution in [0.2, 0.25) is 0 Å². The van der Waals surface area contributed by atoms with Gasteiger partial charge in [-0.15, -0.1) is 0 Å². The average Bonchev–Trinajstić information content (AvgIpc) is 2.74. The van der Waals surface area contributed by atoms with Crippen LogP contribution in [0.1, 0.15) is 37.6 Å². The molecule has 1 atom stereocenters. The fourth-order valence-corrected chi connectivity index (χ4v) is 2.37. The summed E-state index contributed by atoms with van der Waals surface area (Å²) < 4.78 is 1.72. The molecule has 1 unspecified atom stereocenters. The number of hydrogen-bond donors (Lipinski definition) is 1. The molecule has 0 spiro atoms. The van der Waals surface area contributed by atoms with Crippen LogP contribution in [0.25, 0.3) is 0 Å². The maximum atomic E-state index is 11.3. The molecule has 1 N–H and O–H groups in total. The summed E-state index contributed by atoms with van der Waals surface area (Å²) in [5, 5.41) is 15.7. The first-order chi connectivity index (χ1) is 8.75. The van der Waals surface area contributed by atoms with Gasteiger partial charge in [-0.2, -0.15) is 5.10 Å². The molecular formula is C16H22N2O. The minimum Gasteiger partial charge on any atom is -0.378 e. The Labute approximate surface area is 114 Å². The van der Waals surface area contributed by atoms with Crippen LogP contribution < -0.4 is 0 Å². The van der Waals surface area contributed by atoms with Crippen molar-refractivity contribution in [3.63, 3.8) is 0 Å². The normalized spacial score (nSPS) is 15.3. The third-order valence-electron chi connectivity index (χ3n) is 3.64. The SMILES string of the molecule is Cc1ccc(C(O)(c2ccn(C)n2)C(C)(C)C)cc1. The molecular weight excluding hydrogens is 236 g/mol. The highest BCUT2D eigenvalue weighted by Gasteiger charge is 2.45. The van der Waals surface area contributed by atoms with Crippen LogP contribution in [0, 0.1) is 12.3 Å². The number of nitrogens with zero attached hydrogens (tertiary/aromatic N) is 2. The van der Waals surface area contributed by atoms with E-state index < -0.39 is 5.60 Å². The summed E-state index contributed by atoms with van der Waals surface area (Å²) in [5.74, 6) is 0. The van der Waals surface area contributed by atoms with Gasteiger partial charge in [0.25, 0.3) is 0 Å². The molecule has 3 nitrogen and oxygen atoms in total. The summed E-state index contributed by atoms with van der Waals surface area (Å²) in [5.41, 5.74) is 1.30. The lowest BCUT2D eigenvalue weighted by Gasteiger charge is -2.39. The Morgan fingerprint density at radius 3 is 2.05 bits per heavy atom. The van der Waals surface area contributed by atoms with Crippen LogP contribution in [0.15, 0.2) is 36.5 Å². The first-order valence-corrected chi connectivity index (χ1v) is 6.55. The first kappa shape index (κ1) is 13.8. The molecule has 1 aromatic carbocycles. The van der Waals surface area contributed by atoms with E-state index in [1.165, 1.54) is 5.56 Å². The molecule has 19 heavy (non-hydrogen) atoms. The lowest BCUT2D eigenvalue weighted by atomic mass is 9.70. The van der Waals surface area contributed by atoms with E-state index >= 15 is 0 Å². The summed E-state index contributed by atoms with van der Waals surface area (Å²) in [4.78, 5) is 0. The predicted octanol–water partition coefficient (Wildman–Crippen LogP) is 3.01. The molecule has 0 fully saturated rings. The third kappa shape index (κ3) is 2.30. The first-order valence-electron chi connectivity index (χ1n) is 6.55. The van der Waals surface area contributed by atoms with Crippen LogP contribution in [-0.2, 0) is 12.6 Å². The van der Waals surface area contributed by atoms with Gasteiger partial charge in [0.2, 0.25) is 0 Å². The molecule has 0 saturated carbocycles. The Hall–Kier alpha value is -1.61. The van der Waals surface area contributed by atoms with Crippen molar-refractivity contribution >= 4 is 0 Å². The number of aromatic nitrogens is 2. The summed E-state index contributed by atoms with van der Waals surface area (Å²) >= 11 is 0. The second-order valence-corrected chi connectivity index (χ2v) is 6.20. The van der Waals surface area contributed by atoms with Crippen molar-refractivity contribution in [2.24, 2.45) is 12.5 Å². The molecule has 0 radical (unpaired) electrons. The molecule has 1 heterocycles. The van der Waals surface area contributed by atoms with Gasteiger partial charge in [0.15, 0.2) is 0 Å². The Balaban J connectivity index is 2.62. The lowest BCUT2D eigenvalue weighted by molar-refractivity contribution is -0.0299. The minimum absolute atomic E-state index is 0.351. The molecule has 0 saturated heterocycles. The third-order valence-corrected chi connectivity index (χ3v) is 3.64. The summed E-state index contributed by atoms with van der Waals surface area (Å²) in [6, 6.07) is 9.89. The molecule has 1 aromatic heterocycles. The van der Waals surface area contributed by atoms with E-state index in [0.717, 1.165) is 5.56 Å². The minimum atomic E-state index is -1.10. The smallest absolute Gasteiger partial charge is 0.138 e. The number of aliphatic hydroxyl groups is 1. The Morgan fingerprint density at radius 2 is 1.63 bits per heavy atom. The van der Waals surface area contributed by atoms with Crippen LogP contribution in [0.4, 0.5) is 0 Å². The van der Waals surface area contributed by atoms with Gasteiger partial charge in [0, 0.05) is 18.7 Å². The van der Waals surface area contributed by atoms with Gasteiger partial charge >= 0.3 is 0 Å². The van der Waals surface area contributed by atoms with Crippen molar-refractivity contribution in [3.8, 4) is 0 Å². The maximum Gasteiger partial charge on any atom is 0.138 e. The second kappa shape index (κ2) is 4.49. The van der Waals surface area contributed by atoms with Crippen LogP contribution >= 0.6 is 0 Å². The van der Waals surface area contributed by atoms with Gasteiger partial charge in [-0.25, -0.2) is 0 Å². The van der Waals surface area contributed by atoms with Crippen molar-refractivity contribution in [1.82, 2.24) is 9.78 Å². The Bertz CT molecular complexity index is 563. The molecule has 0 aliphatic rings. The summed E-state index contributed by atoms with van der Waals surface area (Å²) in [7, 11) is 1.86. The number of benzene rings is 1. The highest BCUT2D eigenvalue weighted by Crippen LogP contribution is 2.43. The van der Waals surface area contributed by atoms with Gasteiger partial charge in [-0.05, 0) is 18.6 Å². The van der Waals surface area contributed by atoms with Crippen LogP contribution in [-0.4, -0.2) is 14.9 Å². The standard InChI is InChI=1S/C16H22N2O/c1-12-6-8-13(9-7-12)16(19,15(2,3)4)14-10-11-18(5)17-14/h6-11,19H,1-5H3. The molecule has 2 rings (SSSR count). The zero-order valence-corrected chi connectivity index (χ0v) is 12.3. The van der Waals surface area contributed by atoms with Crippen LogP contribution in [0.5, 0.6) is 0 Å². The highest BCUT2D eigenvalue weighted by molar-refractivity contribution is 5.35. The zero-order valence-electron chi connectivity index (χ0n) is 12.3. The molecule has 0 aliphatic carbocycles. The molecule has 0 amide bonds. The van der Waals surface area contributed by atoms with Crippen molar-refractivity contribution in [2.75, 3.05) is 0 Å². The summed E-state index contributed by atoms with van der Waals surface area (Å²) in [6.07, 6.45) is 1.86. The second-order valence-electron chi connectivity index (χ2n) is 6.20. The quantitative estimate of drug-likeness (QED) is 0.899. The van der Waals surface area contributed by atoms with E-state index in [1.54, 1.807) is 4.68 Å². The number of hydrogen-bond acceptors (Lipinski definition) is 2. The van der Waals surface area contributed by atoms with Crippen molar-refractivity contribution in [2.45, 2.75) is 33.3 Å². The molecule has 0 aliphatic heterocycles. The van der Waals surface area contributed by atoms with Gasteiger partial charge in [-0.1, -0.05) is 50.6 Å². The lowest BCUT2D eigenvalue weighted by Crippen LogP contribution is -2.41. The van der Waals surface area contributed by atoms with Gasteiger partial charge < -0.3 is 5.11 Å². The number of aryl methyl sites for hydroxylation is 2. The van der Waals surface area contributed by atoms with Crippen molar-refractivity contribution in [3.05, 3.63) is 53.3 Å². The van der Waals surface area contributed by atoms with Crippen molar-refractivity contribution in [1.29, 1.82) is 0 Å². The fraction of sp³-hybridized carbons (Fsp3) is 0.438. The van der Waals surface area contributed by atoms with E-state index in [0.29, 0.717) is 5.69 Å².